The van der Waals surface area contributed by atoms with Gasteiger partial charge >= 0.3 is 0 Å². The Morgan fingerprint density at radius 3 is 2.00 bits per heavy atom. The van der Waals surface area contributed by atoms with Crippen molar-refractivity contribution in [2.45, 2.75) is 31.7 Å². The highest BCUT2D eigenvalue weighted by atomic mass is 28.2. The van der Waals surface area contributed by atoms with Crippen LogP contribution in [0.25, 0.3) is 0 Å². The molecule has 0 heterocycles. The van der Waals surface area contributed by atoms with Gasteiger partial charge in [0.25, 0.3) is 0 Å². The second-order valence-electron chi connectivity index (χ2n) is 5.39. The van der Waals surface area contributed by atoms with Crippen LogP contribution < -0.4 is 9.75 Å². The van der Waals surface area contributed by atoms with E-state index in [1.54, 1.807) is 5.19 Å². The van der Waals surface area contributed by atoms with Crippen molar-refractivity contribution in [3.05, 3.63) is 60.7 Å². The molecule has 98 valence electrons. The summed E-state index contributed by atoms with van der Waals surface area (Å²) < 4.78 is 2.72. The smallest absolute Gasteiger partial charge is 0.155 e. The molecule has 1 aliphatic rings. The zero-order valence-electron chi connectivity index (χ0n) is 11.3. The van der Waals surface area contributed by atoms with E-state index in [-0.39, 0.29) is 0 Å². The van der Waals surface area contributed by atoms with Crippen molar-refractivity contribution < 1.29 is 0 Å². The van der Waals surface area contributed by atoms with E-state index in [2.05, 4.69) is 65.2 Å². The fourth-order valence-corrected chi connectivity index (χ4v) is 4.94. The molecule has 0 spiro atoms. The number of anilines is 1. The minimum Gasteiger partial charge on any atom is -0.396 e. The van der Waals surface area contributed by atoms with Crippen LogP contribution in [0.4, 0.5) is 5.69 Å². The van der Waals surface area contributed by atoms with Gasteiger partial charge in [-0.1, -0.05) is 61.4 Å². The molecule has 1 fully saturated rings. The van der Waals surface area contributed by atoms with Gasteiger partial charge in [0.2, 0.25) is 0 Å². The van der Waals surface area contributed by atoms with E-state index in [0.717, 1.165) is 6.04 Å². The first-order valence-corrected chi connectivity index (χ1v) is 8.63. The van der Waals surface area contributed by atoms with Crippen molar-refractivity contribution in [3.8, 4) is 0 Å². The van der Waals surface area contributed by atoms with Gasteiger partial charge in [0.15, 0.2) is 9.68 Å². The second kappa shape index (κ2) is 6.07. The molecule has 0 atom stereocenters. The van der Waals surface area contributed by atoms with Crippen molar-refractivity contribution in [3.63, 3.8) is 0 Å². The maximum atomic E-state index is 2.72. The third-order valence-corrected chi connectivity index (χ3v) is 6.11. The highest BCUT2D eigenvalue weighted by molar-refractivity contribution is 6.57. The zero-order valence-corrected chi connectivity index (χ0v) is 12.7. The third kappa shape index (κ3) is 3.07. The first-order valence-electron chi connectivity index (χ1n) is 7.29. The first-order chi connectivity index (χ1) is 9.43. The standard InChI is InChI=1S/C17H21NSi/c1-3-9-15(10-4-1)18(16-11-7-8-12-16)19-17-13-5-2-6-14-17/h1-6,9-10,13-14,16H,7-8,11-12,19H2. The molecule has 2 aromatic carbocycles. The summed E-state index contributed by atoms with van der Waals surface area (Å²) in [6, 6.07) is 22.8. The number of benzene rings is 2. The number of para-hydroxylation sites is 1. The summed E-state index contributed by atoms with van der Waals surface area (Å²) in [6.07, 6.45) is 5.54. The average Bonchev–Trinajstić information content (AvgIpc) is 3.01. The molecule has 0 aromatic heterocycles. The molecule has 0 saturated heterocycles. The number of rotatable bonds is 4. The van der Waals surface area contributed by atoms with Gasteiger partial charge < -0.3 is 4.57 Å². The van der Waals surface area contributed by atoms with Crippen LogP contribution in [0.1, 0.15) is 25.7 Å². The largest absolute Gasteiger partial charge is 0.396 e. The average molecular weight is 267 g/mol. The van der Waals surface area contributed by atoms with Gasteiger partial charge in [0, 0.05) is 11.7 Å². The van der Waals surface area contributed by atoms with Gasteiger partial charge in [-0.05, 0) is 30.2 Å². The molecule has 2 aromatic rings. The fraction of sp³-hybridized carbons (Fsp3) is 0.294. The van der Waals surface area contributed by atoms with E-state index >= 15 is 0 Å². The van der Waals surface area contributed by atoms with Crippen molar-refractivity contribution in [1.29, 1.82) is 0 Å². The van der Waals surface area contributed by atoms with Crippen LogP contribution in [0.15, 0.2) is 60.7 Å². The van der Waals surface area contributed by atoms with Crippen molar-refractivity contribution >= 4 is 20.6 Å². The minimum atomic E-state index is -0.392. The lowest BCUT2D eigenvalue weighted by Crippen LogP contribution is -2.42. The maximum Gasteiger partial charge on any atom is 0.155 e. The number of hydrogen-bond donors (Lipinski definition) is 0. The maximum absolute atomic E-state index is 2.72. The normalized spacial score (nSPS) is 16.2. The summed E-state index contributed by atoms with van der Waals surface area (Å²) in [5.74, 6) is 0. The Hall–Kier alpha value is -1.54. The Balaban J connectivity index is 1.84. The van der Waals surface area contributed by atoms with Crippen molar-refractivity contribution in [2.24, 2.45) is 0 Å². The summed E-state index contributed by atoms with van der Waals surface area (Å²) in [5, 5.41) is 1.54. The van der Waals surface area contributed by atoms with Crippen molar-refractivity contribution in [1.82, 2.24) is 0 Å². The van der Waals surface area contributed by atoms with Crippen LogP contribution in [-0.2, 0) is 0 Å². The van der Waals surface area contributed by atoms with E-state index in [1.165, 1.54) is 31.4 Å². The van der Waals surface area contributed by atoms with E-state index in [4.69, 9.17) is 0 Å². The van der Waals surface area contributed by atoms with E-state index in [0.29, 0.717) is 0 Å². The molecule has 0 unspecified atom stereocenters. The van der Waals surface area contributed by atoms with Crippen LogP contribution >= 0.6 is 0 Å². The second-order valence-corrected chi connectivity index (χ2v) is 7.20. The number of hydrogen-bond acceptors (Lipinski definition) is 1. The van der Waals surface area contributed by atoms with Gasteiger partial charge in [0.05, 0.1) is 0 Å². The molecule has 1 aliphatic carbocycles. The highest BCUT2D eigenvalue weighted by Gasteiger charge is 2.22. The first kappa shape index (κ1) is 12.5. The van der Waals surface area contributed by atoms with E-state index in [1.807, 2.05) is 0 Å². The van der Waals surface area contributed by atoms with Crippen LogP contribution in [0.2, 0.25) is 0 Å². The molecule has 1 nitrogen and oxygen atoms in total. The number of nitrogens with zero attached hydrogens (tertiary/aromatic N) is 1. The van der Waals surface area contributed by atoms with Gasteiger partial charge in [-0.25, -0.2) is 0 Å². The monoisotopic (exact) mass is 267 g/mol. The van der Waals surface area contributed by atoms with Crippen LogP contribution in [0, 0.1) is 0 Å². The topological polar surface area (TPSA) is 3.24 Å². The van der Waals surface area contributed by atoms with E-state index < -0.39 is 9.68 Å². The van der Waals surface area contributed by atoms with Crippen molar-refractivity contribution in [2.75, 3.05) is 4.57 Å². The molecular formula is C17H21NSi. The summed E-state index contributed by atoms with van der Waals surface area (Å²) in [4.78, 5) is 0. The molecule has 0 bridgehead atoms. The molecule has 0 radical (unpaired) electrons. The Bertz CT molecular complexity index is 491. The molecule has 1 saturated carbocycles. The quantitative estimate of drug-likeness (QED) is 0.770. The summed E-state index contributed by atoms with van der Waals surface area (Å²) >= 11 is 0. The Labute approximate surface area is 118 Å². The predicted molar refractivity (Wildman–Crippen MR) is 85.8 cm³/mol. The molecular weight excluding hydrogens is 246 g/mol. The van der Waals surface area contributed by atoms with Gasteiger partial charge in [-0.2, -0.15) is 0 Å². The summed E-state index contributed by atoms with van der Waals surface area (Å²) in [6.45, 7) is 0. The zero-order chi connectivity index (χ0) is 12.9. The third-order valence-electron chi connectivity index (χ3n) is 4.05. The van der Waals surface area contributed by atoms with Gasteiger partial charge in [0.1, 0.15) is 0 Å². The molecule has 2 heteroatoms. The lowest BCUT2D eigenvalue weighted by Gasteiger charge is -2.31. The van der Waals surface area contributed by atoms with Gasteiger partial charge in [-0.15, -0.1) is 0 Å². The van der Waals surface area contributed by atoms with Crippen LogP contribution in [-0.4, -0.2) is 15.7 Å². The van der Waals surface area contributed by atoms with E-state index in [9.17, 15) is 0 Å². The van der Waals surface area contributed by atoms with Crippen LogP contribution in [0.5, 0.6) is 0 Å². The lowest BCUT2D eigenvalue weighted by atomic mass is 10.2. The fourth-order valence-electron chi connectivity index (χ4n) is 3.05. The lowest BCUT2D eigenvalue weighted by molar-refractivity contribution is 0.702. The summed E-state index contributed by atoms with van der Waals surface area (Å²) in [7, 11) is -0.392. The Morgan fingerprint density at radius 1 is 0.789 bits per heavy atom. The summed E-state index contributed by atoms with van der Waals surface area (Å²) in [5.41, 5.74) is 1.42. The predicted octanol–water partition coefficient (Wildman–Crippen LogP) is 2.84. The minimum absolute atomic E-state index is 0.392. The molecule has 0 aliphatic heterocycles. The molecule has 19 heavy (non-hydrogen) atoms. The highest BCUT2D eigenvalue weighted by Crippen LogP contribution is 2.27. The van der Waals surface area contributed by atoms with Crippen LogP contribution in [0.3, 0.4) is 0 Å². The molecule has 0 N–H and O–H groups in total. The Kier molecular flexibility index (Phi) is 3.99. The molecule has 0 amide bonds. The molecule has 3 rings (SSSR count). The van der Waals surface area contributed by atoms with Gasteiger partial charge in [-0.3, -0.25) is 0 Å². The Morgan fingerprint density at radius 2 is 1.37 bits per heavy atom. The SMILES string of the molecule is c1ccc([SiH2]N(c2ccccc2)C2CCCC2)cc1.